The lowest BCUT2D eigenvalue weighted by atomic mass is 10.1. The minimum Gasteiger partial charge on any atom is -0.307 e. The van der Waals surface area contributed by atoms with E-state index in [1.54, 1.807) is 31.5 Å². The summed E-state index contributed by atoms with van der Waals surface area (Å²) in [6.45, 7) is 7.70. The highest BCUT2D eigenvalue weighted by molar-refractivity contribution is 7.89. The molecule has 158 valence electrons. The van der Waals surface area contributed by atoms with Crippen LogP contribution in [0.4, 0.5) is 5.82 Å². The predicted molar refractivity (Wildman–Crippen MR) is 117 cm³/mol. The van der Waals surface area contributed by atoms with Gasteiger partial charge in [-0.2, -0.15) is 5.10 Å². The summed E-state index contributed by atoms with van der Waals surface area (Å²) in [6.07, 6.45) is 0. The van der Waals surface area contributed by atoms with Gasteiger partial charge >= 0.3 is 0 Å². The molecular formula is C22H26N4O3S. The van der Waals surface area contributed by atoms with E-state index < -0.39 is 15.6 Å². The topological polar surface area (TPSA) is 93.1 Å². The number of aryl methyl sites for hydroxylation is 1. The molecule has 0 bridgehead atoms. The lowest BCUT2D eigenvalue weighted by molar-refractivity contribution is 0.102. The van der Waals surface area contributed by atoms with Gasteiger partial charge in [0.05, 0.1) is 17.1 Å². The fourth-order valence-corrected chi connectivity index (χ4v) is 4.38. The Morgan fingerprint density at radius 3 is 2.27 bits per heavy atom. The average Bonchev–Trinajstić information content (AvgIpc) is 2.99. The average molecular weight is 427 g/mol. The van der Waals surface area contributed by atoms with Crippen LogP contribution in [0.15, 0.2) is 65.6 Å². The van der Waals surface area contributed by atoms with Gasteiger partial charge in [-0.25, -0.2) is 17.8 Å². The molecule has 0 unspecified atom stereocenters. The van der Waals surface area contributed by atoms with E-state index >= 15 is 0 Å². The Morgan fingerprint density at radius 1 is 1.03 bits per heavy atom. The molecule has 2 aromatic carbocycles. The van der Waals surface area contributed by atoms with E-state index in [0.29, 0.717) is 17.9 Å². The first-order valence-electron chi connectivity index (χ1n) is 9.57. The third kappa shape index (κ3) is 5.55. The van der Waals surface area contributed by atoms with Crippen molar-refractivity contribution in [2.45, 2.75) is 44.7 Å². The lowest BCUT2D eigenvalue weighted by Gasteiger charge is -2.20. The number of aromatic nitrogens is 2. The lowest BCUT2D eigenvalue weighted by Crippen LogP contribution is -2.40. The Kier molecular flexibility index (Phi) is 6.09. The molecule has 0 saturated carbocycles. The number of rotatable bonds is 6. The van der Waals surface area contributed by atoms with Crippen LogP contribution in [0.2, 0.25) is 0 Å². The molecule has 1 heterocycles. The highest BCUT2D eigenvalue weighted by Crippen LogP contribution is 2.17. The number of hydrogen-bond acceptors (Lipinski definition) is 4. The van der Waals surface area contributed by atoms with Gasteiger partial charge in [0.1, 0.15) is 5.82 Å². The van der Waals surface area contributed by atoms with E-state index in [2.05, 4.69) is 15.1 Å². The van der Waals surface area contributed by atoms with Crippen molar-refractivity contribution in [1.82, 2.24) is 14.5 Å². The van der Waals surface area contributed by atoms with Crippen LogP contribution in [0, 0.1) is 6.92 Å². The van der Waals surface area contributed by atoms with Crippen molar-refractivity contribution in [3.05, 3.63) is 77.5 Å². The van der Waals surface area contributed by atoms with Gasteiger partial charge in [-0.1, -0.05) is 30.3 Å². The summed E-state index contributed by atoms with van der Waals surface area (Å²) in [5.74, 6) is 0.240. The van der Waals surface area contributed by atoms with Gasteiger partial charge in [-0.15, -0.1) is 0 Å². The second-order valence-electron chi connectivity index (χ2n) is 8.15. The molecule has 0 radical (unpaired) electrons. The molecule has 8 heteroatoms. The van der Waals surface area contributed by atoms with Crippen molar-refractivity contribution in [3.63, 3.8) is 0 Å². The predicted octanol–water partition coefficient (Wildman–Crippen LogP) is 3.57. The number of amides is 1. The first-order chi connectivity index (χ1) is 14.0. The summed E-state index contributed by atoms with van der Waals surface area (Å²) < 4.78 is 29.2. The summed E-state index contributed by atoms with van der Waals surface area (Å²) in [5.41, 5.74) is 1.62. The molecule has 2 N–H and O–H groups in total. The molecule has 0 atom stereocenters. The number of sulfonamides is 1. The summed E-state index contributed by atoms with van der Waals surface area (Å²) >= 11 is 0. The molecule has 0 saturated heterocycles. The highest BCUT2D eigenvalue weighted by atomic mass is 32.2. The zero-order valence-electron chi connectivity index (χ0n) is 17.5. The van der Waals surface area contributed by atoms with Crippen molar-refractivity contribution in [2.75, 3.05) is 5.32 Å². The molecule has 3 rings (SSSR count). The zero-order valence-corrected chi connectivity index (χ0v) is 18.3. The van der Waals surface area contributed by atoms with Crippen molar-refractivity contribution in [2.24, 2.45) is 0 Å². The molecule has 1 amide bonds. The minimum atomic E-state index is -3.65. The fourth-order valence-electron chi connectivity index (χ4n) is 2.96. The maximum Gasteiger partial charge on any atom is 0.256 e. The Balaban J connectivity index is 1.76. The van der Waals surface area contributed by atoms with E-state index in [1.165, 1.54) is 24.3 Å². The number of anilines is 1. The number of carbonyl (C=O) groups is 1. The molecule has 3 aromatic rings. The van der Waals surface area contributed by atoms with Crippen molar-refractivity contribution in [1.29, 1.82) is 0 Å². The van der Waals surface area contributed by atoms with Crippen LogP contribution in [-0.4, -0.2) is 29.6 Å². The number of carbonyl (C=O) groups excluding carboxylic acids is 1. The second kappa shape index (κ2) is 8.41. The zero-order chi connectivity index (χ0) is 21.9. The largest absolute Gasteiger partial charge is 0.307 e. The van der Waals surface area contributed by atoms with Crippen LogP contribution in [0.1, 0.15) is 42.4 Å². The third-order valence-electron chi connectivity index (χ3n) is 4.19. The van der Waals surface area contributed by atoms with E-state index in [-0.39, 0.29) is 10.8 Å². The van der Waals surface area contributed by atoms with Gasteiger partial charge in [0.2, 0.25) is 10.0 Å². The van der Waals surface area contributed by atoms with Crippen LogP contribution < -0.4 is 10.0 Å². The number of nitrogens with one attached hydrogen (secondary N) is 2. The number of hydrogen-bond donors (Lipinski definition) is 2. The number of benzene rings is 2. The SMILES string of the molecule is Cc1cc(NC(=O)c2ccc(S(=O)(=O)NC(C)(C)C)cc2)n(Cc2ccccc2)n1. The summed E-state index contributed by atoms with van der Waals surface area (Å²) in [4.78, 5) is 12.8. The van der Waals surface area contributed by atoms with Gasteiger partial charge in [-0.05, 0) is 57.5 Å². The van der Waals surface area contributed by atoms with Crippen LogP contribution in [0.25, 0.3) is 0 Å². The molecule has 0 spiro atoms. The Bertz CT molecular complexity index is 1130. The first-order valence-corrected chi connectivity index (χ1v) is 11.1. The minimum absolute atomic E-state index is 0.110. The quantitative estimate of drug-likeness (QED) is 0.630. The van der Waals surface area contributed by atoms with E-state index in [9.17, 15) is 13.2 Å². The van der Waals surface area contributed by atoms with Crippen LogP contribution >= 0.6 is 0 Å². The van der Waals surface area contributed by atoms with E-state index in [0.717, 1.165) is 11.3 Å². The monoisotopic (exact) mass is 426 g/mol. The van der Waals surface area contributed by atoms with Crippen molar-refractivity contribution >= 4 is 21.7 Å². The van der Waals surface area contributed by atoms with E-state index in [4.69, 9.17) is 0 Å². The smallest absolute Gasteiger partial charge is 0.256 e. The normalized spacial score (nSPS) is 12.0. The van der Waals surface area contributed by atoms with Crippen LogP contribution in [-0.2, 0) is 16.6 Å². The maximum absolute atomic E-state index is 12.7. The van der Waals surface area contributed by atoms with Crippen LogP contribution in [0.5, 0.6) is 0 Å². The third-order valence-corrected chi connectivity index (χ3v) is 5.96. The standard InChI is InChI=1S/C22H26N4O3S/c1-16-14-20(26(24-16)15-17-8-6-5-7-9-17)23-21(27)18-10-12-19(13-11-18)30(28,29)25-22(2,3)4/h5-14,25H,15H2,1-4H3,(H,23,27). The Labute approximate surface area is 177 Å². The van der Waals surface area contributed by atoms with E-state index in [1.807, 2.05) is 37.3 Å². The molecule has 7 nitrogen and oxygen atoms in total. The molecular weight excluding hydrogens is 400 g/mol. The second-order valence-corrected chi connectivity index (χ2v) is 9.83. The molecule has 0 aliphatic carbocycles. The first kappa shape index (κ1) is 21.7. The van der Waals surface area contributed by atoms with Crippen molar-refractivity contribution < 1.29 is 13.2 Å². The molecule has 0 aliphatic heterocycles. The molecule has 30 heavy (non-hydrogen) atoms. The highest BCUT2D eigenvalue weighted by Gasteiger charge is 2.22. The fraction of sp³-hybridized carbons (Fsp3) is 0.273. The maximum atomic E-state index is 12.7. The Morgan fingerprint density at radius 2 is 1.67 bits per heavy atom. The molecule has 1 aromatic heterocycles. The summed E-state index contributed by atoms with van der Waals surface area (Å²) in [6, 6.07) is 17.5. The van der Waals surface area contributed by atoms with Gasteiger partial charge in [-0.3, -0.25) is 4.79 Å². The van der Waals surface area contributed by atoms with Gasteiger partial charge in [0.25, 0.3) is 5.91 Å². The Hall–Kier alpha value is -2.97. The molecule has 0 aliphatic rings. The number of nitrogens with zero attached hydrogens (tertiary/aromatic N) is 2. The molecule has 0 fully saturated rings. The van der Waals surface area contributed by atoms with Crippen molar-refractivity contribution in [3.8, 4) is 0 Å². The summed E-state index contributed by atoms with van der Waals surface area (Å²) in [5, 5.41) is 7.31. The van der Waals surface area contributed by atoms with Gasteiger partial charge in [0, 0.05) is 17.2 Å². The van der Waals surface area contributed by atoms with Gasteiger partial charge in [0.15, 0.2) is 0 Å². The summed E-state index contributed by atoms with van der Waals surface area (Å²) in [7, 11) is -3.65. The van der Waals surface area contributed by atoms with Gasteiger partial charge < -0.3 is 5.32 Å². The van der Waals surface area contributed by atoms with Crippen LogP contribution in [0.3, 0.4) is 0 Å².